The number of phenols is 1. The van der Waals surface area contributed by atoms with Crippen LogP contribution in [0.3, 0.4) is 0 Å². The molecule has 5 nitrogen and oxygen atoms in total. The Morgan fingerprint density at radius 2 is 1.88 bits per heavy atom. The van der Waals surface area contributed by atoms with Gasteiger partial charge in [0, 0.05) is 11.1 Å². The fraction of sp³-hybridized carbons (Fsp3) is 0.100. The number of hydrazone groups is 1. The van der Waals surface area contributed by atoms with Crippen molar-refractivity contribution in [2.45, 2.75) is 6.92 Å². The smallest absolute Gasteiger partial charge is 0.271 e. The van der Waals surface area contributed by atoms with E-state index in [0.29, 0.717) is 23.5 Å². The lowest BCUT2D eigenvalue weighted by molar-refractivity contribution is 0.0957. The Kier molecular flexibility index (Phi) is 4.95. The number of ether oxygens (including phenoxy) is 1. The monoisotopic (exact) mass is 334 g/mol. The number of hydrogen-bond acceptors (Lipinski definition) is 4. The van der Waals surface area contributed by atoms with Crippen LogP contribution in [0.15, 0.2) is 65.8 Å². The lowest BCUT2D eigenvalue weighted by atomic mass is 10.0. The van der Waals surface area contributed by atoms with E-state index < -0.39 is 0 Å². The second-order valence-corrected chi connectivity index (χ2v) is 5.35. The number of benzene rings is 3. The highest BCUT2D eigenvalue weighted by Gasteiger charge is 2.09. The highest BCUT2D eigenvalue weighted by atomic mass is 16.5. The van der Waals surface area contributed by atoms with Gasteiger partial charge in [0.2, 0.25) is 0 Å². The van der Waals surface area contributed by atoms with Gasteiger partial charge in [0.1, 0.15) is 0 Å². The molecule has 0 radical (unpaired) electrons. The predicted molar refractivity (Wildman–Crippen MR) is 98.3 cm³/mol. The van der Waals surface area contributed by atoms with Crippen molar-refractivity contribution in [1.82, 2.24) is 5.43 Å². The summed E-state index contributed by atoms with van der Waals surface area (Å²) in [6.45, 7) is 2.29. The Labute approximate surface area is 145 Å². The van der Waals surface area contributed by atoms with Crippen molar-refractivity contribution in [2.75, 3.05) is 6.61 Å². The summed E-state index contributed by atoms with van der Waals surface area (Å²) in [5.41, 5.74) is 3.50. The first-order valence-corrected chi connectivity index (χ1v) is 7.96. The van der Waals surface area contributed by atoms with Gasteiger partial charge in [-0.15, -0.1) is 0 Å². The Morgan fingerprint density at radius 3 is 2.72 bits per heavy atom. The molecule has 126 valence electrons. The molecule has 0 bridgehead atoms. The minimum Gasteiger partial charge on any atom is -0.504 e. The summed E-state index contributed by atoms with van der Waals surface area (Å²) in [5, 5.41) is 15.9. The van der Waals surface area contributed by atoms with E-state index in [4.69, 9.17) is 4.74 Å². The minimum atomic E-state index is -0.312. The second kappa shape index (κ2) is 7.49. The number of fused-ring (bicyclic) bond motifs is 1. The second-order valence-electron chi connectivity index (χ2n) is 5.35. The summed E-state index contributed by atoms with van der Waals surface area (Å²) < 4.78 is 5.32. The molecule has 3 rings (SSSR count). The number of hydrogen-bond donors (Lipinski definition) is 2. The van der Waals surface area contributed by atoms with E-state index in [-0.39, 0.29) is 11.7 Å². The predicted octanol–water partition coefficient (Wildman–Crippen LogP) is 3.71. The largest absolute Gasteiger partial charge is 0.504 e. The Bertz CT molecular complexity index is 930. The van der Waals surface area contributed by atoms with Gasteiger partial charge in [-0.3, -0.25) is 4.79 Å². The molecular weight excluding hydrogens is 316 g/mol. The zero-order valence-corrected chi connectivity index (χ0v) is 13.8. The molecule has 25 heavy (non-hydrogen) atoms. The summed E-state index contributed by atoms with van der Waals surface area (Å²) in [6, 6.07) is 18.3. The van der Waals surface area contributed by atoms with Crippen molar-refractivity contribution in [1.29, 1.82) is 0 Å². The van der Waals surface area contributed by atoms with E-state index in [1.807, 2.05) is 43.3 Å². The van der Waals surface area contributed by atoms with E-state index >= 15 is 0 Å². The first-order chi connectivity index (χ1) is 12.2. The molecule has 0 saturated carbocycles. The molecule has 3 aromatic rings. The molecule has 2 N–H and O–H groups in total. The number of para-hydroxylation sites is 1. The Balaban J connectivity index is 1.78. The third-order valence-corrected chi connectivity index (χ3v) is 3.73. The van der Waals surface area contributed by atoms with Gasteiger partial charge < -0.3 is 9.84 Å². The Morgan fingerprint density at radius 1 is 1.12 bits per heavy atom. The summed E-state index contributed by atoms with van der Waals surface area (Å²) in [6.07, 6.45) is 1.39. The number of aromatic hydroxyl groups is 1. The maximum absolute atomic E-state index is 12.4. The van der Waals surface area contributed by atoms with Gasteiger partial charge in [0.15, 0.2) is 11.5 Å². The van der Waals surface area contributed by atoms with Crippen molar-refractivity contribution in [3.8, 4) is 11.5 Å². The molecule has 0 saturated heterocycles. The number of amides is 1. The maximum Gasteiger partial charge on any atom is 0.271 e. The van der Waals surface area contributed by atoms with Crippen LogP contribution < -0.4 is 10.2 Å². The van der Waals surface area contributed by atoms with Crippen LogP contribution in [0.25, 0.3) is 10.8 Å². The lowest BCUT2D eigenvalue weighted by Gasteiger charge is -2.07. The van der Waals surface area contributed by atoms with Gasteiger partial charge >= 0.3 is 0 Å². The molecule has 5 heteroatoms. The fourth-order valence-corrected chi connectivity index (χ4v) is 2.56. The molecule has 3 aromatic carbocycles. The van der Waals surface area contributed by atoms with Crippen LogP contribution in [-0.4, -0.2) is 23.8 Å². The number of carbonyl (C=O) groups excluding carboxylic acids is 1. The molecule has 0 atom stereocenters. The fourth-order valence-electron chi connectivity index (χ4n) is 2.56. The minimum absolute atomic E-state index is 0.00694. The molecule has 0 unspecified atom stereocenters. The Hall–Kier alpha value is -3.34. The van der Waals surface area contributed by atoms with Crippen LogP contribution in [-0.2, 0) is 0 Å². The third-order valence-electron chi connectivity index (χ3n) is 3.73. The number of phenolic OH excluding ortho intramolecular Hbond substituents is 1. The van der Waals surface area contributed by atoms with Gasteiger partial charge in [-0.1, -0.05) is 42.5 Å². The normalized spacial score (nSPS) is 10.9. The molecule has 0 aromatic heterocycles. The van der Waals surface area contributed by atoms with Gasteiger partial charge in [-0.25, -0.2) is 5.43 Å². The lowest BCUT2D eigenvalue weighted by Crippen LogP contribution is -2.17. The number of nitrogens with one attached hydrogen (secondary N) is 1. The quantitative estimate of drug-likeness (QED) is 0.552. The zero-order valence-electron chi connectivity index (χ0n) is 13.8. The number of carbonyl (C=O) groups is 1. The molecule has 0 aliphatic rings. The zero-order chi connectivity index (χ0) is 17.6. The summed E-state index contributed by atoms with van der Waals surface area (Å²) in [5.74, 6) is 0.0628. The van der Waals surface area contributed by atoms with E-state index in [0.717, 1.165) is 10.8 Å². The van der Waals surface area contributed by atoms with Crippen LogP contribution in [0.1, 0.15) is 22.8 Å². The highest BCUT2D eigenvalue weighted by molar-refractivity contribution is 6.07. The maximum atomic E-state index is 12.4. The summed E-state index contributed by atoms with van der Waals surface area (Å²) in [4.78, 5) is 12.4. The first-order valence-electron chi connectivity index (χ1n) is 7.96. The van der Waals surface area contributed by atoms with Crippen LogP contribution in [0.4, 0.5) is 0 Å². The molecule has 1 amide bonds. The first kappa shape index (κ1) is 16.5. The van der Waals surface area contributed by atoms with Gasteiger partial charge in [-0.2, -0.15) is 5.10 Å². The summed E-state index contributed by atoms with van der Waals surface area (Å²) in [7, 11) is 0. The number of nitrogens with zero attached hydrogens (tertiary/aromatic N) is 1. The summed E-state index contributed by atoms with van der Waals surface area (Å²) >= 11 is 0. The van der Waals surface area contributed by atoms with Gasteiger partial charge in [0.05, 0.1) is 12.8 Å². The van der Waals surface area contributed by atoms with E-state index in [2.05, 4.69) is 10.5 Å². The molecule has 0 aliphatic carbocycles. The molecule has 0 heterocycles. The molecular formula is C20H18N2O3. The van der Waals surface area contributed by atoms with Crippen LogP contribution >= 0.6 is 0 Å². The molecule has 0 aliphatic heterocycles. The SMILES string of the molecule is CCOc1cccc(/C=N/NC(=O)c2cccc3ccccc23)c1O. The third kappa shape index (κ3) is 3.61. The molecule has 0 fully saturated rings. The van der Waals surface area contributed by atoms with Crippen LogP contribution in [0.5, 0.6) is 11.5 Å². The van der Waals surface area contributed by atoms with E-state index in [1.54, 1.807) is 24.3 Å². The van der Waals surface area contributed by atoms with Gasteiger partial charge in [-0.05, 0) is 35.9 Å². The number of rotatable bonds is 5. The van der Waals surface area contributed by atoms with Crippen molar-refractivity contribution in [3.05, 3.63) is 71.8 Å². The van der Waals surface area contributed by atoms with Crippen LogP contribution in [0, 0.1) is 0 Å². The molecule has 0 spiro atoms. The van der Waals surface area contributed by atoms with Crippen molar-refractivity contribution in [2.24, 2.45) is 5.10 Å². The van der Waals surface area contributed by atoms with E-state index in [1.165, 1.54) is 6.21 Å². The van der Waals surface area contributed by atoms with Crippen molar-refractivity contribution < 1.29 is 14.6 Å². The van der Waals surface area contributed by atoms with E-state index in [9.17, 15) is 9.90 Å². The average molecular weight is 334 g/mol. The average Bonchev–Trinajstić information content (AvgIpc) is 2.64. The highest BCUT2D eigenvalue weighted by Crippen LogP contribution is 2.28. The van der Waals surface area contributed by atoms with Gasteiger partial charge in [0.25, 0.3) is 5.91 Å². The van der Waals surface area contributed by atoms with Crippen molar-refractivity contribution in [3.63, 3.8) is 0 Å². The van der Waals surface area contributed by atoms with Crippen molar-refractivity contribution >= 4 is 22.9 Å². The van der Waals surface area contributed by atoms with Crippen LogP contribution in [0.2, 0.25) is 0 Å². The standard InChI is InChI=1S/C20H18N2O3/c1-2-25-18-12-6-9-15(19(18)23)13-21-22-20(24)17-11-5-8-14-7-3-4-10-16(14)17/h3-13,23H,2H2,1H3,(H,22,24)/b21-13+. The topological polar surface area (TPSA) is 70.9 Å².